The number of carboxylic acid groups (broad SMARTS) is 1. The smallest absolute Gasteiger partial charge is 0.321 e. The highest BCUT2D eigenvalue weighted by Gasteiger charge is 2.36. The molecule has 3 N–H and O–H groups in total. The number of rotatable bonds is 7. The number of thiophene rings is 1. The zero-order valence-corrected chi connectivity index (χ0v) is 16.5. The number of hydrogen-bond acceptors (Lipinski definition) is 5. The van der Waals surface area contributed by atoms with Crippen molar-refractivity contribution >= 4 is 23.3 Å². The van der Waals surface area contributed by atoms with E-state index in [2.05, 4.69) is 0 Å². The molecule has 0 saturated heterocycles. The van der Waals surface area contributed by atoms with Crippen LogP contribution in [0.3, 0.4) is 0 Å². The highest BCUT2D eigenvalue weighted by atomic mass is 32.1. The molecule has 1 aromatic heterocycles. The zero-order chi connectivity index (χ0) is 20.4. The standard InChI is InChI=1S/C23H21NO4S/c24-20(12-14-6-5-11-29-14)21(22(25)26)23(27)28-13-19-17-9-3-1-7-15(17)16-8-2-4-10-18(16)19/h1-11,19-21H,12-13,24H2,(H,25,26)/t20-,21+/m0/s1. The van der Waals surface area contributed by atoms with E-state index in [1.165, 1.54) is 11.3 Å². The van der Waals surface area contributed by atoms with Crippen LogP contribution in [0.25, 0.3) is 11.1 Å². The summed E-state index contributed by atoms with van der Waals surface area (Å²) in [5.41, 5.74) is 10.5. The number of ether oxygens (including phenoxy) is 1. The Morgan fingerprint density at radius 3 is 2.17 bits per heavy atom. The highest BCUT2D eigenvalue weighted by molar-refractivity contribution is 7.09. The molecule has 6 heteroatoms. The predicted octanol–water partition coefficient (Wildman–Crippen LogP) is 3.67. The molecule has 0 bridgehead atoms. The lowest BCUT2D eigenvalue weighted by molar-refractivity contribution is -0.159. The lowest BCUT2D eigenvalue weighted by Gasteiger charge is -2.20. The van der Waals surface area contributed by atoms with E-state index in [0.717, 1.165) is 27.1 Å². The van der Waals surface area contributed by atoms with Crippen molar-refractivity contribution in [3.05, 3.63) is 82.0 Å². The molecule has 0 saturated carbocycles. The summed E-state index contributed by atoms with van der Waals surface area (Å²) in [6.45, 7) is 0.0857. The average Bonchev–Trinajstić information content (AvgIpc) is 3.32. The van der Waals surface area contributed by atoms with Crippen LogP contribution in [0.4, 0.5) is 0 Å². The van der Waals surface area contributed by atoms with Crippen LogP contribution in [-0.4, -0.2) is 29.7 Å². The van der Waals surface area contributed by atoms with Gasteiger partial charge in [0, 0.05) is 16.8 Å². The van der Waals surface area contributed by atoms with Crippen molar-refractivity contribution in [1.82, 2.24) is 0 Å². The van der Waals surface area contributed by atoms with Crippen molar-refractivity contribution in [3.63, 3.8) is 0 Å². The molecule has 1 aliphatic carbocycles. The van der Waals surface area contributed by atoms with Gasteiger partial charge in [-0.1, -0.05) is 54.6 Å². The molecule has 0 radical (unpaired) electrons. The molecular weight excluding hydrogens is 386 g/mol. The van der Waals surface area contributed by atoms with E-state index in [1.54, 1.807) is 0 Å². The van der Waals surface area contributed by atoms with Gasteiger partial charge in [-0.15, -0.1) is 11.3 Å². The van der Waals surface area contributed by atoms with Gasteiger partial charge in [-0.05, 0) is 40.1 Å². The molecule has 0 spiro atoms. The molecule has 29 heavy (non-hydrogen) atoms. The first-order valence-corrected chi connectivity index (χ1v) is 10.3. The Balaban J connectivity index is 1.50. The van der Waals surface area contributed by atoms with E-state index in [0.29, 0.717) is 6.42 Å². The van der Waals surface area contributed by atoms with Crippen molar-refractivity contribution in [3.8, 4) is 11.1 Å². The second-order valence-corrected chi connectivity index (χ2v) is 8.15. The van der Waals surface area contributed by atoms with Gasteiger partial charge in [0.15, 0.2) is 5.92 Å². The van der Waals surface area contributed by atoms with Crippen LogP contribution in [0.5, 0.6) is 0 Å². The third kappa shape index (κ3) is 3.81. The van der Waals surface area contributed by atoms with Crippen molar-refractivity contribution in [2.75, 3.05) is 6.61 Å². The Bertz CT molecular complexity index is 985. The van der Waals surface area contributed by atoms with Crippen LogP contribution < -0.4 is 5.73 Å². The maximum atomic E-state index is 12.7. The lowest BCUT2D eigenvalue weighted by atomic mass is 9.96. The average molecular weight is 407 g/mol. The molecule has 1 aliphatic rings. The van der Waals surface area contributed by atoms with E-state index >= 15 is 0 Å². The molecule has 1 heterocycles. The molecule has 3 aromatic rings. The Morgan fingerprint density at radius 2 is 1.62 bits per heavy atom. The van der Waals surface area contributed by atoms with Gasteiger partial charge in [0.25, 0.3) is 0 Å². The normalized spacial score (nSPS) is 14.7. The minimum absolute atomic E-state index is 0.0857. The van der Waals surface area contributed by atoms with Gasteiger partial charge in [0.05, 0.1) is 0 Å². The first-order chi connectivity index (χ1) is 14.1. The largest absolute Gasteiger partial charge is 0.481 e. The summed E-state index contributed by atoms with van der Waals surface area (Å²) < 4.78 is 5.51. The quantitative estimate of drug-likeness (QED) is 0.461. The molecule has 0 amide bonds. The molecule has 2 atom stereocenters. The lowest BCUT2D eigenvalue weighted by Crippen LogP contribution is -2.43. The number of nitrogens with two attached hydrogens (primary N) is 1. The van der Waals surface area contributed by atoms with E-state index in [-0.39, 0.29) is 12.5 Å². The fourth-order valence-electron chi connectivity index (χ4n) is 3.93. The number of fused-ring (bicyclic) bond motifs is 3. The molecule has 4 rings (SSSR count). The zero-order valence-electron chi connectivity index (χ0n) is 15.7. The van der Waals surface area contributed by atoms with Crippen LogP contribution in [0.1, 0.15) is 21.9 Å². The molecule has 148 valence electrons. The van der Waals surface area contributed by atoms with Gasteiger partial charge in [-0.2, -0.15) is 0 Å². The number of carbonyl (C=O) groups excluding carboxylic acids is 1. The van der Waals surface area contributed by atoms with Gasteiger partial charge >= 0.3 is 11.9 Å². The second kappa shape index (κ2) is 8.19. The van der Waals surface area contributed by atoms with Gasteiger partial charge in [-0.3, -0.25) is 9.59 Å². The molecule has 5 nitrogen and oxygen atoms in total. The minimum atomic E-state index is -1.40. The summed E-state index contributed by atoms with van der Waals surface area (Å²) >= 11 is 1.49. The van der Waals surface area contributed by atoms with E-state index in [9.17, 15) is 14.7 Å². The first-order valence-electron chi connectivity index (χ1n) is 9.42. The number of aliphatic carboxylic acids is 1. The maximum absolute atomic E-state index is 12.7. The van der Waals surface area contributed by atoms with Gasteiger partial charge in [0.1, 0.15) is 6.61 Å². The number of carboxylic acids is 1. The van der Waals surface area contributed by atoms with Crippen molar-refractivity contribution in [2.45, 2.75) is 18.4 Å². The number of carbonyl (C=O) groups is 2. The van der Waals surface area contributed by atoms with Crippen molar-refractivity contribution in [2.24, 2.45) is 11.7 Å². The van der Waals surface area contributed by atoms with E-state index in [1.807, 2.05) is 66.0 Å². The van der Waals surface area contributed by atoms with Crippen LogP contribution in [0.2, 0.25) is 0 Å². The van der Waals surface area contributed by atoms with Gasteiger partial charge in [-0.25, -0.2) is 0 Å². The number of benzene rings is 2. The summed E-state index contributed by atoms with van der Waals surface area (Å²) in [4.78, 5) is 25.3. The van der Waals surface area contributed by atoms with Crippen LogP contribution in [0.15, 0.2) is 66.0 Å². The Kier molecular flexibility index (Phi) is 5.47. The topological polar surface area (TPSA) is 89.6 Å². The fourth-order valence-corrected chi connectivity index (χ4v) is 4.71. The highest BCUT2D eigenvalue weighted by Crippen LogP contribution is 2.44. The summed E-state index contributed by atoms with van der Waals surface area (Å²) in [7, 11) is 0. The Labute approximate surface area is 172 Å². The first kappa shape index (κ1) is 19.4. The SMILES string of the molecule is N[C@@H](Cc1cccs1)[C@H](C(=O)O)C(=O)OCC1c2ccccc2-c2ccccc21. The predicted molar refractivity (Wildman–Crippen MR) is 112 cm³/mol. The minimum Gasteiger partial charge on any atom is -0.481 e. The van der Waals surface area contributed by atoms with Gasteiger partial charge < -0.3 is 15.6 Å². The van der Waals surface area contributed by atoms with E-state index < -0.39 is 23.9 Å². The van der Waals surface area contributed by atoms with Gasteiger partial charge in [0.2, 0.25) is 0 Å². The summed E-state index contributed by atoms with van der Waals surface area (Å²) in [5, 5.41) is 11.5. The monoisotopic (exact) mass is 407 g/mol. The van der Waals surface area contributed by atoms with Crippen LogP contribution in [0, 0.1) is 5.92 Å². The Morgan fingerprint density at radius 1 is 1.00 bits per heavy atom. The number of esters is 1. The third-order valence-corrected chi connectivity index (χ3v) is 6.22. The molecule has 2 aromatic carbocycles. The van der Waals surface area contributed by atoms with Crippen molar-refractivity contribution < 1.29 is 19.4 Å². The molecular formula is C23H21NO4S. The molecule has 0 aliphatic heterocycles. The third-order valence-electron chi connectivity index (χ3n) is 5.32. The van der Waals surface area contributed by atoms with Crippen molar-refractivity contribution in [1.29, 1.82) is 0 Å². The fraction of sp³-hybridized carbons (Fsp3) is 0.217. The van der Waals surface area contributed by atoms with Crippen LogP contribution >= 0.6 is 11.3 Å². The molecule has 0 fully saturated rings. The molecule has 0 unspecified atom stereocenters. The van der Waals surface area contributed by atoms with Crippen LogP contribution in [-0.2, 0) is 20.7 Å². The summed E-state index contributed by atoms with van der Waals surface area (Å²) in [5.74, 6) is -3.56. The summed E-state index contributed by atoms with van der Waals surface area (Å²) in [6, 6.07) is 18.9. The number of hydrogen-bond donors (Lipinski definition) is 2. The summed E-state index contributed by atoms with van der Waals surface area (Å²) in [6.07, 6.45) is 0.318. The second-order valence-electron chi connectivity index (χ2n) is 7.12. The van der Waals surface area contributed by atoms with E-state index in [4.69, 9.17) is 10.5 Å². The maximum Gasteiger partial charge on any atom is 0.321 e. The Hall–Kier alpha value is -2.96.